The summed E-state index contributed by atoms with van der Waals surface area (Å²) >= 11 is 0. The number of rotatable bonds is 2. The molecule has 126 valence electrons. The average Bonchev–Trinajstić information content (AvgIpc) is 2.91. The molecular formula is C21H19FN2O. The van der Waals surface area contributed by atoms with Crippen LogP contribution in [0.1, 0.15) is 53.1 Å². The molecule has 25 heavy (non-hydrogen) atoms. The van der Waals surface area contributed by atoms with E-state index in [9.17, 15) is 14.4 Å². The molecule has 1 amide bonds. The predicted molar refractivity (Wildman–Crippen MR) is 92.5 cm³/mol. The summed E-state index contributed by atoms with van der Waals surface area (Å²) in [6.07, 6.45) is 3.82. The van der Waals surface area contributed by atoms with Crippen molar-refractivity contribution in [1.29, 1.82) is 5.26 Å². The highest BCUT2D eigenvalue weighted by Gasteiger charge is 2.44. The smallest absolute Gasteiger partial charge is 0.255 e. The van der Waals surface area contributed by atoms with E-state index in [0.29, 0.717) is 17.0 Å². The van der Waals surface area contributed by atoms with E-state index in [1.54, 1.807) is 24.3 Å². The van der Waals surface area contributed by atoms with Gasteiger partial charge in [0.15, 0.2) is 0 Å². The number of fused-ring (bicyclic) bond motifs is 2. The summed E-state index contributed by atoms with van der Waals surface area (Å²) in [4.78, 5) is 15.0. The topological polar surface area (TPSA) is 44.1 Å². The molecule has 2 fully saturated rings. The lowest BCUT2D eigenvalue weighted by Crippen LogP contribution is -2.46. The van der Waals surface area contributed by atoms with Crippen molar-refractivity contribution in [2.75, 3.05) is 0 Å². The Balaban J connectivity index is 1.57. The Morgan fingerprint density at radius 1 is 1.04 bits per heavy atom. The lowest BCUT2D eigenvalue weighted by molar-refractivity contribution is 0.0571. The second-order valence-corrected chi connectivity index (χ2v) is 6.97. The lowest BCUT2D eigenvalue weighted by Gasteiger charge is -2.39. The molecule has 2 bridgehead atoms. The van der Waals surface area contributed by atoms with Crippen molar-refractivity contribution < 1.29 is 9.18 Å². The van der Waals surface area contributed by atoms with Crippen LogP contribution in [0.15, 0.2) is 48.5 Å². The minimum Gasteiger partial charge on any atom is -0.333 e. The highest BCUT2D eigenvalue weighted by atomic mass is 19.1. The third kappa shape index (κ3) is 2.80. The summed E-state index contributed by atoms with van der Waals surface area (Å²) in [5, 5.41) is 9.27. The van der Waals surface area contributed by atoms with Crippen molar-refractivity contribution in [1.82, 2.24) is 4.90 Å². The van der Waals surface area contributed by atoms with Crippen molar-refractivity contribution in [3.05, 3.63) is 71.0 Å². The summed E-state index contributed by atoms with van der Waals surface area (Å²) in [5.74, 6) is 0.128. The summed E-state index contributed by atoms with van der Waals surface area (Å²) < 4.78 is 13.2. The number of hydrogen-bond acceptors (Lipinski definition) is 2. The monoisotopic (exact) mass is 334 g/mol. The molecule has 0 aliphatic carbocycles. The number of nitrogens with zero attached hydrogens (tertiary/aromatic N) is 2. The second kappa shape index (κ2) is 6.33. The van der Waals surface area contributed by atoms with Crippen LogP contribution in [0.25, 0.3) is 0 Å². The molecule has 0 spiro atoms. The normalized spacial score (nSPS) is 24.8. The second-order valence-electron chi connectivity index (χ2n) is 6.97. The first kappa shape index (κ1) is 15.8. The first-order chi connectivity index (χ1) is 12.2. The highest BCUT2D eigenvalue weighted by molar-refractivity contribution is 5.97. The predicted octanol–water partition coefficient (Wildman–Crippen LogP) is 4.25. The Kier molecular flexibility index (Phi) is 4.01. The third-order valence-electron chi connectivity index (χ3n) is 5.59. The van der Waals surface area contributed by atoms with Gasteiger partial charge in [-0.15, -0.1) is 0 Å². The molecule has 3 atom stereocenters. The SMILES string of the molecule is N#Cc1ccccc1C(=O)N1[C@@H]2CC[C@H]1C[C@@H](c1ccc(F)cc1)C2. The molecule has 2 aliphatic heterocycles. The van der Waals surface area contributed by atoms with E-state index in [4.69, 9.17) is 0 Å². The average molecular weight is 334 g/mol. The van der Waals surface area contributed by atoms with Gasteiger partial charge in [-0.3, -0.25) is 4.79 Å². The summed E-state index contributed by atoms with van der Waals surface area (Å²) in [6, 6.07) is 16.3. The van der Waals surface area contributed by atoms with E-state index in [1.165, 1.54) is 12.1 Å². The van der Waals surface area contributed by atoms with Crippen LogP contribution in [0.5, 0.6) is 0 Å². The molecule has 2 aromatic carbocycles. The van der Waals surface area contributed by atoms with Gasteiger partial charge in [0, 0.05) is 12.1 Å². The van der Waals surface area contributed by atoms with Crippen LogP contribution >= 0.6 is 0 Å². The van der Waals surface area contributed by atoms with Gasteiger partial charge in [0.1, 0.15) is 5.82 Å². The maximum Gasteiger partial charge on any atom is 0.255 e. The van der Waals surface area contributed by atoms with Crippen molar-refractivity contribution in [2.45, 2.75) is 43.7 Å². The number of halogens is 1. The molecule has 2 heterocycles. The van der Waals surface area contributed by atoms with Gasteiger partial charge in [0.25, 0.3) is 5.91 Å². The Hall–Kier alpha value is -2.67. The number of hydrogen-bond donors (Lipinski definition) is 0. The summed E-state index contributed by atoms with van der Waals surface area (Å²) in [7, 11) is 0. The van der Waals surface area contributed by atoms with Gasteiger partial charge in [-0.05, 0) is 61.4 Å². The first-order valence-electron chi connectivity index (χ1n) is 8.74. The Morgan fingerprint density at radius 2 is 1.68 bits per heavy atom. The molecule has 4 heteroatoms. The van der Waals surface area contributed by atoms with Crippen molar-refractivity contribution in [3.8, 4) is 6.07 Å². The van der Waals surface area contributed by atoms with Crippen molar-refractivity contribution in [2.24, 2.45) is 0 Å². The molecule has 0 saturated carbocycles. The lowest BCUT2D eigenvalue weighted by atomic mass is 9.84. The number of benzene rings is 2. The Morgan fingerprint density at radius 3 is 2.32 bits per heavy atom. The first-order valence-corrected chi connectivity index (χ1v) is 8.74. The van der Waals surface area contributed by atoms with Gasteiger partial charge in [-0.1, -0.05) is 24.3 Å². The molecule has 0 N–H and O–H groups in total. The molecule has 0 aromatic heterocycles. The van der Waals surface area contributed by atoms with Crippen LogP contribution < -0.4 is 0 Å². The Bertz CT molecular complexity index is 826. The molecule has 2 aliphatic rings. The van der Waals surface area contributed by atoms with Crippen LogP contribution in [0.2, 0.25) is 0 Å². The molecule has 2 saturated heterocycles. The maximum atomic E-state index is 13.2. The molecule has 0 radical (unpaired) electrons. The molecule has 4 rings (SSSR count). The van der Waals surface area contributed by atoms with Gasteiger partial charge in [-0.2, -0.15) is 5.26 Å². The van der Waals surface area contributed by atoms with Crippen molar-refractivity contribution in [3.63, 3.8) is 0 Å². The van der Waals surface area contributed by atoms with Crippen LogP contribution in [-0.2, 0) is 0 Å². The van der Waals surface area contributed by atoms with E-state index in [-0.39, 0.29) is 23.8 Å². The van der Waals surface area contributed by atoms with Gasteiger partial charge in [-0.25, -0.2) is 4.39 Å². The van der Waals surface area contributed by atoms with Crippen LogP contribution in [0.4, 0.5) is 4.39 Å². The molecule has 2 aromatic rings. The number of nitriles is 1. The maximum absolute atomic E-state index is 13.2. The number of carbonyl (C=O) groups is 1. The fourth-order valence-electron chi connectivity index (χ4n) is 4.42. The summed E-state index contributed by atoms with van der Waals surface area (Å²) in [6.45, 7) is 0. The zero-order valence-corrected chi connectivity index (χ0v) is 13.9. The quantitative estimate of drug-likeness (QED) is 0.824. The Labute approximate surface area is 146 Å². The zero-order chi connectivity index (χ0) is 17.4. The zero-order valence-electron chi connectivity index (χ0n) is 13.9. The van der Waals surface area contributed by atoms with Gasteiger partial charge < -0.3 is 4.90 Å². The third-order valence-corrected chi connectivity index (χ3v) is 5.59. The van der Waals surface area contributed by atoms with E-state index >= 15 is 0 Å². The van der Waals surface area contributed by atoms with E-state index in [1.807, 2.05) is 17.0 Å². The minimum absolute atomic E-state index is 0.0257. The largest absolute Gasteiger partial charge is 0.333 e. The fraction of sp³-hybridized carbons (Fsp3) is 0.333. The van der Waals surface area contributed by atoms with Gasteiger partial charge >= 0.3 is 0 Å². The molecular weight excluding hydrogens is 315 g/mol. The number of piperidine rings is 1. The summed E-state index contributed by atoms with van der Waals surface area (Å²) in [5.41, 5.74) is 2.09. The van der Waals surface area contributed by atoms with Gasteiger partial charge in [0.2, 0.25) is 0 Å². The van der Waals surface area contributed by atoms with Crippen molar-refractivity contribution >= 4 is 5.91 Å². The fourth-order valence-corrected chi connectivity index (χ4v) is 4.42. The standard InChI is InChI=1S/C21H19FN2O/c22-17-7-5-14(6-8-17)16-11-18-9-10-19(12-16)24(18)21(25)20-4-2-1-3-15(20)13-23/h1-8,16,18-19H,9-12H2/t16-,18+,19-. The molecule has 3 nitrogen and oxygen atoms in total. The van der Waals surface area contributed by atoms with Crippen LogP contribution in [-0.4, -0.2) is 22.9 Å². The van der Waals surface area contributed by atoms with Crippen LogP contribution in [0.3, 0.4) is 0 Å². The van der Waals surface area contributed by atoms with E-state index < -0.39 is 0 Å². The number of carbonyl (C=O) groups excluding carboxylic acids is 1. The highest BCUT2D eigenvalue weighted by Crippen LogP contribution is 2.43. The molecule has 0 unspecified atom stereocenters. The minimum atomic E-state index is -0.215. The van der Waals surface area contributed by atoms with E-state index in [0.717, 1.165) is 31.2 Å². The van der Waals surface area contributed by atoms with Gasteiger partial charge in [0.05, 0.1) is 17.2 Å². The van der Waals surface area contributed by atoms with E-state index in [2.05, 4.69) is 6.07 Å². The number of amides is 1. The van der Waals surface area contributed by atoms with Crippen LogP contribution in [0, 0.1) is 17.1 Å².